The summed E-state index contributed by atoms with van der Waals surface area (Å²) in [5.41, 5.74) is 0.749. The Bertz CT molecular complexity index is 654. The molecule has 0 bridgehead atoms. The Balaban J connectivity index is 2.22. The molecule has 22 heavy (non-hydrogen) atoms. The molecule has 1 aromatic heterocycles. The summed E-state index contributed by atoms with van der Waals surface area (Å²) in [4.78, 5) is 17.3. The van der Waals surface area contributed by atoms with Crippen molar-refractivity contribution in [2.45, 2.75) is 20.4 Å². The van der Waals surface area contributed by atoms with Crippen LogP contribution >= 0.6 is 0 Å². The highest BCUT2D eigenvalue weighted by Crippen LogP contribution is 2.31. The summed E-state index contributed by atoms with van der Waals surface area (Å²) < 4.78 is 15.7. The van der Waals surface area contributed by atoms with Crippen LogP contribution in [0.1, 0.15) is 19.7 Å². The molecule has 0 spiro atoms. The molecule has 7 nitrogen and oxygen atoms in total. The highest BCUT2D eigenvalue weighted by Gasteiger charge is 2.15. The number of aromatic nitrogens is 2. The summed E-state index contributed by atoms with van der Waals surface area (Å²) in [5.74, 6) is 2.01. The Morgan fingerprint density at radius 2 is 2.00 bits per heavy atom. The van der Waals surface area contributed by atoms with E-state index >= 15 is 0 Å². The Kier molecular flexibility index (Phi) is 4.98. The monoisotopic (exact) mass is 305 g/mol. The number of amides is 1. The van der Waals surface area contributed by atoms with Crippen LogP contribution in [-0.2, 0) is 11.3 Å². The highest BCUT2D eigenvalue weighted by molar-refractivity contribution is 5.73. The molecule has 0 N–H and O–H groups in total. The zero-order valence-electron chi connectivity index (χ0n) is 13.1. The number of carbonyl (C=O) groups is 1. The lowest BCUT2D eigenvalue weighted by Gasteiger charge is -2.15. The maximum atomic E-state index is 11.4. The molecule has 1 amide bonds. The predicted molar refractivity (Wildman–Crippen MR) is 79.6 cm³/mol. The smallest absolute Gasteiger partial charge is 0.246 e. The average Bonchev–Trinajstić information content (AvgIpc) is 3.00. The third-order valence-electron chi connectivity index (χ3n) is 3.26. The van der Waals surface area contributed by atoms with Crippen molar-refractivity contribution in [1.29, 1.82) is 0 Å². The van der Waals surface area contributed by atoms with E-state index in [1.54, 1.807) is 31.3 Å². The van der Waals surface area contributed by atoms with Crippen molar-refractivity contribution in [2.24, 2.45) is 0 Å². The molecule has 0 unspecified atom stereocenters. The molecule has 0 radical (unpaired) electrons. The molecule has 0 saturated heterocycles. The lowest BCUT2D eigenvalue weighted by atomic mass is 10.2. The van der Waals surface area contributed by atoms with E-state index < -0.39 is 0 Å². The van der Waals surface area contributed by atoms with Gasteiger partial charge in [0.25, 0.3) is 0 Å². The topological polar surface area (TPSA) is 77.7 Å². The molecule has 2 aromatic rings. The van der Waals surface area contributed by atoms with Gasteiger partial charge in [-0.05, 0) is 25.1 Å². The Morgan fingerprint density at radius 3 is 2.59 bits per heavy atom. The lowest BCUT2D eigenvalue weighted by molar-refractivity contribution is -0.129. The van der Waals surface area contributed by atoms with Gasteiger partial charge in [0.2, 0.25) is 17.6 Å². The summed E-state index contributed by atoms with van der Waals surface area (Å²) in [6, 6.07) is 5.37. The van der Waals surface area contributed by atoms with Gasteiger partial charge in [0.15, 0.2) is 11.5 Å². The van der Waals surface area contributed by atoms with Gasteiger partial charge in [-0.2, -0.15) is 4.98 Å². The Morgan fingerprint density at radius 1 is 1.27 bits per heavy atom. The van der Waals surface area contributed by atoms with Crippen molar-refractivity contribution in [2.75, 3.05) is 20.8 Å². The minimum atomic E-state index is -0.0339. The van der Waals surface area contributed by atoms with Gasteiger partial charge in [0.05, 0.1) is 20.8 Å². The van der Waals surface area contributed by atoms with Crippen molar-refractivity contribution in [3.05, 3.63) is 24.1 Å². The third kappa shape index (κ3) is 3.36. The second kappa shape index (κ2) is 6.93. The molecule has 0 saturated carbocycles. The van der Waals surface area contributed by atoms with Crippen LogP contribution in [0.4, 0.5) is 0 Å². The number of ether oxygens (including phenoxy) is 2. The number of nitrogens with zero attached hydrogens (tertiary/aromatic N) is 3. The van der Waals surface area contributed by atoms with Crippen LogP contribution in [0, 0.1) is 0 Å². The van der Waals surface area contributed by atoms with E-state index in [9.17, 15) is 4.79 Å². The van der Waals surface area contributed by atoms with Crippen LogP contribution in [0.3, 0.4) is 0 Å². The van der Waals surface area contributed by atoms with Crippen LogP contribution in [0.5, 0.6) is 11.5 Å². The standard InChI is InChI=1S/C15H19N3O4/c1-5-18(10(2)19)9-14-16-15(17-22-14)11-6-7-12(20-3)13(8-11)21-4/h6-8H,5,9H2,1-4H3. The summed E-state index contributed by atoms with van der Waals surface area (Å²) in [6.07, 6.45) is 0. The number of rotatable bonds is 6. The van der Waals surface area contributed by atoms with Crippen LogP contribution < -0.4 is 9.47 Å². The maximum Gasteiger partial charge on any atom is 0.246 e. The van der Waals surface area contributed by atoms with E-state index in [2.05, 4.69) is 10.1 Å². The zero-order valence-corrected chi connectivity index (χ0v) is 13.1. The number of hydrogen-bond donors (Lipinski definition) is 0. The van der Waals surface area contributed by atoms with Crippen molar-refractivity contribution < 1.29 is 18.8 Å². The molecule has 118 valence electrons. The van der Waals surface area contributed by atoms with Gasteiger partial charge in [-0.3, -0.25) is 4.79 Å². The molecule has 0 aliphatic heterocycles. The fourth-order valence-corrected chi connectivity index (χ4v) is 2.02. The van der Waals surface area contributed by atoms with Crippen LogP contribution in [0.15, 0.2) is 22.7 Å². The van der Waals surface area contributed by atoms with E-state index in [0.717, 1.165) is 5.56 Å². The summed E-state index contributed by atoms with van der Waals surface area (Å²) >= 11 is 0. The first kappa shape index (κ1) is 15.8. The first-order valence-electron chi connectivity index (χ1n) is 6.89. The number of hydrogen-bond acceptors (Lipinski definition) is 6. The van der Waals surface area contributed by atoms with E-state index in [0.29, 0.717) is 36.3 Å². The highest BCUT2D eigenvalue weighted by atomic mass is 16.5. The lowest BCUT2D eigenvalue weighted by Crippen LogP contribution is -2.27. The molecular weight excluding hydrogens is 286 g/mol. The van der Waals surface area contributed by atoms with Crippen molar-refractivity contribution in [3.63, 3.8) is 0 Å². The first-order chi connectivity index (χ1) is 10.6. The fourth-order valence-electron chi connectivity index (χ4n) is 2.02. The molecule has 0 aliphatic carbocycles. The maximum absolute atomic E-state index is 11.4. The van der Waals surface area contributed by atoms with Gasteiger partial charge >= 0.3 is 0 Å². The molecule has 0 aliphatic rings. The minimum Gasteiger partial charge on any atom is -0.493 e. The molecule has 0 atom stereocenters. The van der Waals surface area contributed by atoms with Crippen LogP contribution in [0.25, 0.3) is 11.4 Å². The quantitative estimate of drug-likeness (QED) is 0.813. The van der Waals surface area contributed by atoms with E-state index in [1.807, 2.05) is 13.0 Å². The predicted octanol–water partition coefficient (Wildman–Crippen LogP) is 2.12. The van der Waals surface area contributed by atoms with E-state index in [1.165, 1.54) is 6.92 Å². The molecule has 2 rings (SSSR count). The van der Waals surface area contributed by atoms with Crippen LogP contribution in [-0.4, -0.2) is 41.7 Å². The largest absolute Gasteiger partial charge is 0.493 e. The second-order valence-corrected chi connectivity index (χ2v) is 4.61. The minimum absolute atomic E-state index is 0.0339. The summed E-state index contributed by atoms with van der Waals surface area (Å²) in [7, 11) is 3.14. The Labute approximate surface area is 128 Å². The van der Waals surface area contributed by atoms with Gasteiger partial charge < -0.3 is 18.9 Å². The molecule has 7 heteroatoms. The summed E-state index contributed by atoms with van der Waals surface area (Å²) in [6.45, 7) is 4.29. The molecule has 0 fully saturated rings. The van der Waals surface area contributed by atoms with Crippen molar-refractivity contribution >= 4 is 5.91 Å². The van der Waals surface area contributed by atoms with E-state index in [-0.39, 0.29) is 5.91 Å². The van der Waals surface area contributed by atoms with Crippen molar-refractivity contribution in [3.8, 4) is 22.9 Å². The summed E-state index contributed by atoms with van der Waals surface area (Å²) in [5, 5.41) is 3.94. The Hall–Kier alpha value is -2.57. The van der Waals surface area contributed by atoms with Crippen molar-refractivity contribution in [1.82, 2.24) is 15.0 Å². The van der Waals surface area contributed by atoms with Gasteiger partial charge in [0, 0.05) is 19.0 Å². The normalized spacial score (nSPS) is 10.4. The number of benzene rings is 1. The van der Waals surface area contributed by atoms with Gasteiger partial charge in [0.1, 0.15) is 0 Å². The SMILES string of the molecule is CCN(Cc1nc(-c2ccc(OC)c(OC)c2)no1)C(C)=O. The molecule has 1 heterocycles. The van der Waals surface area contributed by atoms with Gasteiger partial charge in [-0.15, -0.1) is 0 Å². The molecular formula is C15H19N3O4. The number of methoxy groups -OCH3 is 2. The average molecular weight is 305 g/mol. The first-order valence-corrected chi connectivity index (χ1v) is 6.89. The fraction of sp³-hybridized carbons (Fsp3) is 0.400. The van der Waals surface area contributed by atoms with Gasteiger partial charge in [-0.25, -0.2) is 0 Å². The second-order valence-electron chi connectivity index (χ2n) is 4.61. The number of carbonyl (C=O) groups excluding carboxylic acids is 1. The van der Waals surface area contributed by atoms with Crippen LogP contribution in [0.2, 0.25) is 0 Å². The van der Waals surface area contributed by atoms with E-state index in [4.69, 9.17) is 14.0 Å². The third-order valence-corrected chi connectivity index (χ3v) is 3.26. The zero-order chi connectivity index (χ0) is 16.1. The van der Waals surface area contributed by atoms with Gasteiger partial charge in [-0.1, -0.05) is 5.16 Å². The molecule has 1 aromatic carbocycles.